The van der Waals surface area contributed by atoms with Gasteiger partial charge in [-0.1, -0.05) is 35.9 Å². The maximum Gasteiger partial charge on any atom is 0.129 e. The van der Waals surface area contributed by atoms with E-state index in [9.17, 15) is 4.39 Å². The van der Waals surface area contributed by atoms with Crippen molar-refractivity contribution < 1.29 is 9.13 Å². The van der Waals surface area contributed by atoms with Crippen molar-refractivity contribution in [1.82, 2.24) is 0 Å². The molecule has 0 aliphatic carbocycles. The molecule has 0 saturated heterocycles. The van der Waals surface area contributed by atoms with Crippen molar-refractivity contribution in [3.05, 3.63) is 70.0 Å². The zero-order chi connectivity index (χ0) is 13.7. The van der Waals surface area contributed by atoms with Crippen molar-refractivity contribution in [3.8, 4) is 0 Å². The molecule has 100 valence electrons. The molecule has 0 atom stereocenters. The summed E-state index contributed by atoms with van der Waals surface area (Å²) in [5.74, 6) is -0.279. The fourth-order valence-electron chi connectivity index (χ4n) is 1.69. The molecule has 19 heavy (non-hydrogen) atoms. The first-order chi connectivity index (χ1) is 9.19. The van der Waals surface area contributed by atoms with E-state index in [-0.39, 0.29) is 12.4 Å². The largest absolute Gasteiger partial charge is 0.372 e. The zero-order valence-electron chi connectivity index (χ0n) is 10.4. The van der Waals surface area contributed by atoms with E-state index in [1.807, 2.05) is 18.2 Å². The molecule has 0 fully saturated rings. The summed E-state index contributed by atoms with van der Waals surface area (Å²) >= 11 is 5.79. The molecule has 0 radical (unpaired) electrons. The first kappa shape index (κ1) is 14.0. The van der Waals surface area contributed by atoms with Gasteiger partial charge in [-0.3, -0.25) is 0 Å². The zero-order valence-corrected chi connectivity index (χ0v) is 11.2. The van der Waals surface area contributed by atoms with Crippen LogP contribution in [0, 0.1) is 5.82 Å². The monoisotopic (exact) mass is 279 g/mol. The van der Waals surface area contributed by atoms with E-state index < -0.39 is 0 Å². The third-order valence-electron chi connectivity index (χ3n) is 2.79. The van der Waals surface area contributed by atoms with Gasteiger partial charge in [0.25, 0.3) is 0 Å². The summed E-state index contributed by atoms with van der Waals surface area (Å²) in [7, 11) is 0. The van der Waals surface area contributed by atoms with Crippen LogP contribution in [-0.4, -0.2) is 0 Å². The van der Waals surface area contributed by atoms with Crippen molar-refractivity contribution in [2.75, 3.05) is 0 Å². The smallest absolute Gasteiger partial charge is 0.129 e. The van der Waals surface area contributed by atoms with Crippen LogP contribution in [0.25, 0.3) is 0 Å². The summed E-state index contributed by atoms with van der Waals surface area (Å²) in [6, 6.07) is 12.3. The number of ether oxygens (including phenoxy) is 1. The highest BCUT2D eigenvalue weighted by molar-refractivity contribution is 6.30. The molecule has 2 rings (SSSR count). The minimum atomic E-state index is -0.279. The van der Waals surface area contributed by atoms with Gasteiger partial charge in [0.15, 0.2) is 0 Å². The van der Waals surface area contributed by atoms with Crippen molar-refractivity contribution >= 4 is 11.6 Å². The predicted molar refractivity (Wildman–Crippen MR) is 74.2 cm³/mol. The molecule has 0 amide bonds. The number of nitrogens with two attached hydrogens (primary N) is 1. The summed E-state index contributed by atoms with van der Waals surface area (Å²) in [6.07, 6.45) is 0. The second-order valence-electron chi connectivity index (χ2n) is 4.25. The topological polar surface area (TPSA) is 35.2 Å². The molecule has 2 N–H and O–H groups in total. The minimum absolute atomic E-state index is 0.235. The molecule has 2 nitrogen and oxygen atoms in total. The van der Waals surface area contributed by atoms with Crippen molar-refractivity contribution in [1.29, 1.82) is 0 Å². The molecule has 2 aromatic carbocycles. The van der Waals surface area contributed by atoms with Gasteiger partial charge < -0.3 is 10.5 Å². The van der Waals surface area contributed by atoms with Crippen LogP contribution in [0.4, 0.5) is 4.39 Å². The van der Waals surface area contributed by atoms with Crippen LogP contribution in [0.1, 0.15) is 16.7 Å². The molecular weight excluding hydrogens is 265 g/mol. The van der Waals surface area contributed by atoms with E-state index in [0.717, 1.165) is 11.1 Å². The third-order valence-corrected chi connectivity index (χ3v) is 3.04. The first-order valence-electron chi connectivity index (χ1n) is 5.98. The normalized spacial score (nSPS) is 10.7. The molecule has 4 heteroatoms. The van der Waals surface area contributed by atoms with E-state index in [4.69, 9.17) is 22.1 Å². The van der Waals surface area contributed by atoms with Crippen LogP contribution in [0.2, 0.25) is 5.02 Å². The van der Waals surface area contributed by atoms with Gasteiger partial charge in [-0.2, -0.15) is 0 Å². The van der Waals surface area contributed by atoms with Gasteiger partial charge in [0, 0.05) is 17.1 Å². The van der Waals surface area contributed by atoms with E-state index >= 15 is 0 Å². The van der Waals surface area contributed by atoms with Gasteiger partial charge in [-0.15, -0.1) is 0 Å². The Bertz CT molecular complexity index is 542. The second kappa shape index (κ2) is 6.66. The molecule has 0 aliphatic rings. The van der Waals surface area contributed by atoms with Crippen LogP contribution in [0.3, 0.4) is 0 Å². The van der Waals surface area contributed by atoms with Crippen LogP contribution >= 0.6 is 11.6 Å². The number of halogens is 2. The fourth-order valence-corrected chi connectivity index (χ4v) is 1.82. The van der Waals surface area contributed by atoms with E-state index in [1.165, 1.54) is 6.07 Å². The standard InChI is InChI=1S/C15H15ClFNO/c16-14-5-2-11(3-6-14)9-19-10-13-4-1-12(8-18)7-15(13)17/h1-7H,8-10,18H2. The van der Waals surface area contributed by atoms with E-state index in [0.29, 0.717) is 23.7 Å². The lowest BCUT2D eigenvalue weighted by Gasteiger charge is -2.07. The highest BCUT2D eigenvalue weighted by Gasteiger charge is 2.03. The SMILES string of the molecule is NCc1ccc(COCc2ccc(Cl)cc2)c(F)c1. The van der Waals surface area contributed by atoms with Crippen LogP contribution in [0.5, 0.6) is 0 Å². The lowest BCUT2D eigenvalue weighted by atomic mass is 10.1. The lowest BCUT2D eigenvalue weighted by Crippen LogP contribution is -2.01. The summed E-state index contributed by atoms with van der Waals surface area (Å²) in [5, 5.41) is 0.687. The molecule has 0 bridgehead atoms. The van der Waals surface area contributed by atoms with Crippen LogP contribution < -0.4 is 5.73 Å². The molecule has 0 saturated carbocycles. The highest BCUT2D eigenvalue weighted by atomic mass is 35.5. The Hall–Kier alpha value is -1.42. The van der Waals surface area contributed by atoms with Gasteiger partial charge in [-0.25, -0.2) is 4.39 Å². The fraction of sp³-hybridized carbons (Fsp3) is 0.200. The number of hydrogen-bond donors (Lipinski definition) is 1. The number of rotatable bonds is 5. The third kappa shape index (κ3) is 4.03. The van der Waals surface area contributed by atoms with Gasteiger partial charge in [0.2, 0.25) is 0 Å². The average molecular weight is 280 g/mol. The summed E-state index contributed by atoms with van der Waals surface area (Å²) in [6.45, 7) is 0.997. The predicted octanol–water partition coefficient (Wildman–Crippen LogP) is 3.65. The highest BCUT2D eigenvalue weighted by Crippen LogP contribution is 2.14. The Morgan fingerprint density at radius 3 is 2.32 bits per heavy atom. The van der Waals surface area contributed by atoms with E-state index in [1.54, 1.807) is 18.2 Å². The number of hydrogen-bond acceptors (Lipinski definition) is 2. The molecule has 0 aromatic heterocycles. The molecule has 0 heterocycles. The Balaban J connectivity index is 1.90. The van der Waals surface area contributed by atoms with Crippen molar-refractivity contribution in [3.63, 3.8) is 0 Å². The molecule has 0 unspecified atom stereocenters. The Kier molecular flexibility index (Phi) is 4.91. The van der Waals surface area contributed by atoms with Crippen LogP contribution in [0.15, 0.2) is 42.5 Å². The number of benzene rings is 2. The van der Waals surface area contributed by atoms with Crippen molar-refractivity contribution in [2.24, 2.45) is 5.73 Å². The van der Waals surface area contributed by atoms with Crippen molar-refractivity contribution in [2.45, 2.75) is 19.8 Å². The summed E-state index contributed by atoms with van der Waals surface area (Å²) < 4.78 is 19.1. The summed E-state index contributed by atoms with van der Waals surface area (Å²) in [4.78, 5) is 0. The van der Waals surface area contributed by atoms with Gasteiger partial charge >= 0.3 is 0 Å². The molecule has 0 spiro atoms. The Labute approximate surface area is 117 Å². The lowest BCUT2D eigenvalue weighted by molar-refractivity contribution is 0.105. The average Bonchev–Trinajstić information content (AvgIpc) is 2.42. The maximum atomic E-state index is 13.7. The second-order valence-corrected chi connectivity index (χ2v) is 4.69. The van der Waals surface area contributed by atoms with Gasteiger partial charge in [0.1, 0.15) is 5.82 Å². The Morgan fingerprint density at radius 1 is 1.00 bits per heavy atom. The molecule has 2 aromatic rings. The molecular formula is C15H15ClFNO. The van der Waals surface area contributed by atoms with Gasteiger partial charge in [-0.05, 0) is 29.3 Å². The molecule has 0 aliphatic heterocycles. The first-order valence-corrected chi connectivity index (χ1v) is 6.36. The summed E-state index contributed by atoms with van der Waals surface area (Å²) in [5.41, 5.74) is 7.76. The van der Waals surface area contributed by atoms with Gasteiger partial charge in [0.05, 0.1) is 13.2 Å². The quantitative estimate of drug-likeness (QED) is 0.907. The Morgan fingerprint density at radius 2 is 1.68 bits per heavy atom. The maximum absolute atomic E-state index is 13.7. The minimum Gasteiger partial charge on any atom is -0.372 e. The van der Waals surface area contributed by atoms with E-state index in [2.05, 4.69) is 0 Å². The van der Waals surface area contributed by atoms with Crippen LogP contribution in [-0.2, 0) is 24.5 Å².